The van der Waals surface area contributed by atoms with Crippen LogP contribution < -0.4 is 10.6 Å². The second-order valence-electron chi connectivity index (χ2n) is 5.56. The summed E-state index contributed by atoms with van der Waals surface area (Å²) in [5, 5.41) is 6.74. The first-order valence-electron chi connectivity index (χ1n) is 7.47. The summed E-state index contributed by atoms with van der Waals surface area (Å²) in [6.45, 7) is 0.895. The minimum absolute atomic E-state index is 0.183. The summed E-state index contributed by atoms with van der Waals surface area (Å²) in [4.78, 5) is 27.6. The van der Waals surface area contributed by atoms with Gasteiger partial charge in [0.25, 0.3) is 11.8 Å². The number of hydrogen-bond donors (Lipinski definition) is 3. The van der Waals surface area contributed by atoms with Crippen molar-refractivity contribution in [3.63, 3.8) is 0 Å². The van der Waals surface area contributed by atoms with E-state index < -0.39 is 0 Å². The Kier molecular flexibility index (Phi) is 3.12. The van der Waals surface area contributed by atoms with Crippen molar-refractivity contribution in [2.45, 2.75) is 13.1 Å². The lowest BCUT2D eigenvalue weighted by atomic mass is 10.0. The van der Waals surface area contributed by atoms with Gasteiger partial charge in [-0.25, -0.2) is 0 Å². The molecular formula is C18H15N3O2. The minimum Gasteiger partial charge on any atom is -0.361 e. The fraction of sp³-hybridized carbons (Fsp3) is 0.111. The first-order chi connectivity index (χ1) is 11.2. The number of H-pyrrole nitrogens is 1. The second kappa shape index (κ2) is 5.28. The number of para-hydroxylation sites is 1. The van der Waals surface area contributed by atoms with Crippen molar-refractivity contribution < 1.29 is 9.59 Å². The zero-order valence-electron chi connectivity index (χ0n) is 12.3. The number of benzene rings is 2. The van der Waals surface area contributed by atoms with E-state index in [1.54, 1.807) is 12.1 Å². The molecule has 0 atom stereocenters. The van der Waals surface area contributed by atoms with Gasteiger partial charge in [-0.3, -0.25) is 9.59 Å². The average Bonchev–Trinajstić information content (AvgIpc) is 3.17. The van der Waals surface area contributed by atoms with Gasteiger partial charge in [-0.1, -0.05) is 30.3 Å². The third-order valence-corrected chi connectivity index (χ3v) is 4.18. The number of rotatable bonds is 3. The quantitative estimate of drug-likeness (QED) is 0.695. The lowest BCUT2D eigenvalue weighted by Gasteiger charge is -2.07. The number of aromatic amines is 1. The molecule has 5 heteroatoms. The molecule has 3 aromatic rings. The maximum absolute atomic E-state index is 12.5. The fourth-order valence-electron chi connectivity index (χ4n) is 3.02. The zero-order valence-corrected chi connectivity index (χ0v) is 12.3. The molecule has 0 spiro atoms. The fourth-order valence-corrected chi connectivity index (χ4v) is 3.02. The highest BCUT2D eigenvalue weighted by Crippen LogP contribution is 2.21. The Bertz CT molecular complexity index is 927. The van der Waals surface area contributed by atoms with E-state index in [-0.39, 0.29) is 11.8 Å². The van der Waals surface area contributed by atoms with Crippen molar-refractivity contribution >= 4 is 22.7 Å². The van der Waals surface area contributed by atoms with Crippen molar-refractivity contribution in [3.8, 4) is 0 Å². The normalized spacial score (nSPS) is 13.0. The number of nitrogens with one attached hydrogen (secondary N) is 3. The first-order valence-corrected chi connectivity index (χ1v) is 7.47. The van der Waals surface area contributed by atoms with E-state index >= 15 is 0 Å². The van der Waals surface area contributed by atoms with Crippen molar-refractivity contribution in [1.29, 1.82) is 0 Å². The van der Waals surface area contributed by atoms with Crippen LogP contribution >= 0.6 is 0 Å². The van der Waals surface area contributed by atoms with Gasteiger partial charge < -0.3 is 15.6 Å². The number of amides is 2. The number of carbonyl (C=O) groups excluding carboxylic acids is 2. The molecule has 4 rings (SSSR count). The van der Waals surface area contributed by atoms with Crippen LogP contribution in [0.2, 0.25) is 0 Å². The zero-order chi connectivity index (χ0) is 15.8. The third kappa shape index (κ3) is 2.26. The van der Waals surface area contributed by atoms with Crippen LogP contribution in [0.4, 0.5) is 0 Å². The predicted molar refractivity (Wildman–Crippen MR) is 87.1 cm³/mol. The topological polar surface area (TPSA) is 74.0 Å². The number of carbonyl (C=O) groups is 2. The van der Waals surface area contributed by atoms with Crippen molar-refractivity contribution in [3.05, 3.63) is 70.9 Å². The molecule has 0 radical (unpaired) electrons. The van der Waals surface area contributed by atoms with E-state index in [4.69, 9.17) is 0 Å². The van der Waals surface area contributed by atoms with E-state index in [1.807, 2.05) is 36.5 Å². The van der Waals surface area contributed by atoms with E-state index in [2.05, 4.69) is 15.6 Å². The van der Waals surface area contributed by atoms with Crippen LogP contribution in [0.1, 0.15) is 31.8 Å². The van der Waals surface area contributed by atoms with Gasteiger partial charge in [-0.2, -0.15) is 0 Å². The Morgan fingerprint density at radius 2 is 2.00 bits per heavy atom. The summed E-state index contributed by atoms with van der Waals surface area (Å²) < 4.78 is 0. The number of hydrogen-bond acceptors (Lipinski definition) is 2. The molecule has 2 amide bonds. The molecule has 0 saturated heterocycles. The highest BCUT2D eigenvalue weighted by molar-refractivity contribution is 6.09. The molecule has 0 fully saturated rings. The summed E-state index contributed by atoms with van der Waals surface area (Å²) in [7, 11) is 0. The van der Waals surface area contributed by atoms with E-state index in [1.165, 1.54) is 0 Å². The summed E-state index contributed by atoms with van der Waals surface area (Å²) in [5.74, 6) is -0.415. The van der Waals surface area contributed by atoms with Gasteiger partial charge >= 0.3 is 0 Å². The predicted octanol–water partition coefficient (Wildman–Crippen LogP) is 2.34. The lowest BCUT2D eigenvalue weighted by Crippen LogP contribution is -2.25. The summed E-state index contributed by atoms with van der Waals surface area (Å²) in [6, 6.07) is 13.3. The Morgan fingerprint density at radius 3 is 2.91 bits per heavy atom. The second-order valence-corrected chi connectivity index (χ2v) is 5.56. The van der Waals surface area contributed by atoms with Crippen LogP contribution in [-0.2, 0) is 13.1 Å². The lowest BCUT2D eigenvalue weighted by molar-refractivity contribution is 0.0925. The highest BCUT2D eigenvalue weighted by atomic mass is 16.2. The molecule has 1 aliphatic heterocycles. The number of aromatic nitrogens is 1. The monoisotopic (exact) mass is 305 g/mol. The largest absolute Gasteiger partial charge is 0.361 e. The molecular weight excluding hydrogens is 290 g/mol. The SMILES string of the molecule is O=C(NCc1c[nH]c2ccccc12)c1cccc2c1C(=O)NC2. The average molecular weight is 305 g/mol. The van der Waals surface area contributed by atoms with Crippen LogP contribution in [-0.4, -0.2) is 16.8 Å². The summed E-state index contributed by atoms with van der Waals surface area (Å²) in [5.41, 5.74) is 3.85. The van der Waals surface area contributed by atoms with Crippen molar-refractivity contribution in [2.75, 3.05) is 0 Å². The van der Waals surface area contributed by atoms with Crippen molar-refractivity contribution in [1.82, 2.24) is 15.6 Å². The van der Waals surface area contributed by atoms with Crippen molar-refractivity contribution in [2.24, 2.45) is 0 Å². The standard InChI is InChI=1S/C18H15N3O2/c22-17(14-6-3-4-11-8-21-18(23)16(11)14)20-10-12-9-19-15-7-2-1-5-13(12)15/h1-7,9,19H,8,10H2,(H,20,22)(H,21,23). The van der Waals surface area contributed by atoms with Gasteiger partial charge in [-0.05, 0) is 23.3 Å². The minimum atomic E-state index is -0.232. The summed E-state index contributed by atoms with van der Waals surface area (Å²) >= 11 is 0. The number of fused-ring (bicyclic) bond motifs is 2. The Morgan fingerprint density at radius 1 is 1.13 bits per heavy atom. The van der Waals surface area contributed by atoms with Crippen LogP contribution in [0.25, 0.3) is 10.9 Å². The van der Waals surface area contributed by atoms with Gasteiger partial charge in [0.05, 0.1) is 11.1 Å². The van der Waals surface area contributed by atoms with Gasteiger partial charge in [0.15, 0.2) is 0 Å². The van der Waals surface area contributed by atoms with Gasteiger partial charge in [-0.15, -0.1) is 0 Å². The molecule has 23 heavy (non-hydrogen) atoms. The van der Waals surface area contributed by atoms with Crippen LogP contribution in [0, 0.1) is 0 Å². The van der Waals surface area contributed by atoms with Gasteiger partial charge in [0, 0.05) is 30.2 Å². The van der Waals surface area contributed by atoms with Gasteiger partial charge in [0.1, 0.15) is 0 Å². The Hall–Kier alpha value is -3.08. The molecule has 2 heterocycles. The Labute approximate surface area is 132 Å². The molecule has 3 N–H and O–H groups in total. The molecule has 114 valence electrons. The maximum Gasteiger partial charge on any atom is 0.252 e. The highest BCUT2D eigenvalue weighted by Gasteiger charge is 2.25. The smallest absolute Gasteiger partial charge is 0.252 e. The van der Waals surface area contributed by atoms with Crippen LogP contribution in [0.15, 0.2) is 48.7 Å². The maximum atomic E-state index is 12.5. The molecule has 1 aliphatic rings. The molecule has 0 saturated carbocycles. The van der Waals surface area contributed by atoms with E-state index in [9.17, 15) is 9.59 Å². The molecule has 5 nitrogen and oxygen atoms in total. The summed E-state index contributed by atoms with van der Waals surface area (Å²) in [6.07, 6.45) is 1.90. The molecule has 0 unspecified atom stereocenters. The van der Waals surface area contributed by atoms with Gasteiger partial charge in [0.2, 0.25) is 0 Å². The van der Waals surface area contributed by atoms with E-state index in [0.29, 0.717) is 24.2 Å². The molecule has 1 aromatic heterocycles. The molecule has 0 bridgehead atoms. The molecule has 2 aromatic carbocycles. The van der Waals surface area contributed by atoms with E-state index in [0.717, 1.165) is 22.0 Å². The van der Waals surface area contributed by atoms with Crippen LogP contribution in [0.3, 0.4) is 0 Å². The molecule has 0 aliphatic carbocycles. The third-order valence-electron chi connectivity index (χ3n) is 4.18. The van der Waals surface area contributed by atoms with Crippen LogP contribution in [0.5, 0.6) is 0 Å². The first kappa shape index (κ1) is 13.6. The Balaban J connectivity index is 1.58.